The number of terminal acetylenes is 1. The van der Waals surface area contributed by atoms with Crippen molar-refractivity contribution in [2.24, 2.45) is 11.0 Å². The Bertz CT molecular complexity index is 1560. The van der Waals surface area contributed by atoms with Gasteiger partial charge in [0.2, 0.25) is 5.90 Å². The van der Waals surface area contributed by atoms with Gasteiger partial charge in [-0.1, -0.05) is 39.2 Å². The first-order chi connectivity index (χ1) is 19.7. The Morgan fingerprint density at radius 1 is 0.975 bits per heavy atom. The molecule has 0 saturated carbocycles. The summed E-state index contributed by atoms with van der Waals surface area (Å²) in [6, 6.07) is 7.21. The average molecular weight is 527 g/mol. The van der Waals surface area contributed by atoms with Crippen molar-refractivity contribution in [2.45, 2.75) is 46.0 Å². The van der Waals surface area contributed by atoms with Gasteiger partial charge in [-0.25, -0.2) is 4.79 Å². The molecule has 0 amide bonds. The third-order valence-corrected chi connectivity index (χ3v) is 5.11. The van der Waals surface area contributed by atoms with Gasteiger partial charge in [-0.2, -0.15) is 0 Å². The highest BCUT2D eigenvalue weighted by molar-refractivity contribution is 5.88. The van der Waals surface area contributed by atoms with Crippen LogP contribution in [0.5, 0.6) is 5.75 Å². The maximum Gasteiger partial charge on any atom is 0.514 e. The second-order valence-electron chi connectivity index (χ2n) is 7.92. The Kier molecular flexibility index (Phi) is 14.7. The van der Waals surface area contributed by atoms with E-state index in [1.165, 1.54) is 0 Å². The number of carbonyl (C=O) groups excluding carboxylic acids is 1. The van der Waals surface area contributed by atoms with Crippen molar-refractivity contribution in [3.8, 4) is 101 Å². The van der Waals surface area contributed by atoms with Gasteiger partial charge in [-0.15, -0.1) is 11.5 Å². The van der Waals surface area contributed by atoms with E-state index in [-0.39, 0.29) is 0 Å². The SMILES string of the molecule is C#CC#CC#CC#CC#CC#CC#CC#COc1cccc(N2CCC(OC(=O)OCC(CC)CCCC)=N2)c1. The first-order valence-electron chi connectivity index (χ1n) is 12.6. The van der Waals surface area contributed by atoms with Gasteiger partial charge in [-0.3, -0.25) is 5.01 Å². The summed E-state index contributed by atoms with van der Waals surface area (Å²) in [6.45, 7) is 5.15. The normalized spacial score (nSPS) is 10.7. The second kappa shape index (κ2) is 19.4. The predicted octanol–water partition coefficient (Wildman–Crippen LogP) is 4.57. The third kappa shape index (κ3) is 13.0. The van der Waals surface area contributed by atoms with Gasteiger partial charge in [-0.05, 0) is 65.9 Å². The van der Waals surface area contributed by atoms with E-state index >= 15 is 0 Å². The summed E-state index contributed by atoms with van der Waals surface area (Å²) in [7, 11) is 0. The zero-order valence-electron chi connectivity index (χ0n) is 22.4. The van der Waals surface area contributed by atoms with E-state index in [9.17, 15) is 4.79 Å². The van der Waals surface area contributed by atoms with Crippen molar-refractivity contribution in [1.82, 2.24) is 0 Å². The number of hydrogen-bond donors (Lipinski definition) is 0. The highest BCUT2D eigenvalue weighted by Crippen LogP contribution is 2.24. The molecule has 0 aliphatic carbocycles. The minimum absolute atomic E-state index is 0.311. The summed E-state index contributed by atoms with van der Waals surface area (Å²) < 4.78 is 16.0. The van der Waals surface area contributed by atoms with Crippen LogP contribution in [0.4, 0.5) is 10.5 Å². The summed E-state index contributed by atoms with van der Waals surface area (Å²) in [5.74, 6) is 35.7. The number of hydrazone groups is 1. The van der Waals surface area contributed by atoms with Crippen LogP contribution in [0.2, 0.25) is 0 Å². The highest BCUT2D eigenvalue weighted by Gasteiger charge is 2.21. The monoisotopic (exact) mass is 526 g/mol. The zero-order chi connectivity index (χ0) is 28.7. The lowest BCUT2D eigenvalue weighted by atomic mass is 10.0. The van der Waals surface area contributed by atoms with Crippen LogP contribution < -0.4 is 9.75 Å². The first-order valence-corrected chi connectivity index (χ1v) is 12.6. The van der Waals surface area contributed by atoms with Crippen molar-refractivity contribution in [1.29, 1.82) is 0 Å². The molecule has 0 radical (unpaired) electrons. The van der Waals surface area contributed by atoms with Gasteiger partial charge >= 0.3 is 6.16 Å². The number of benzene rings is 1. The van der Waals surface area contributed by atoms with Gasteiger partial charge in [0.15, 0.2) is 0 Å². The lowest BCUT2D eigenvalue weighted by Gasteiger charge is -2.14. The standard InChI is InChI=1S/C34H26N2O4/c1-4-7-9-10-11-12-13-14-15-16-17-18-19-20-27-38-32-24-21-23-31(28-32)36-26-25-33(35-36)40-34(37)39-29-30(6-3)22-8-5-2/h1,21,23-24,28,30H,5-6,8,22,25-26,29H2,2-3H3. The quantitative estimate of drug-likeness (QED) is 0.367. The molecule has 0 saturated heterocycles. The second-order valence-corrected chi connectivity index (χ2v) is 7.92. The topological polar surface area (TPSA) is 60.4 Å². The molecule has 0 spiro atoms. The average Bonchev–Trinajstić information content (AvgIpc) is 3.44. The molecule has 1 aliphatic heterocycles. The molecule has 1 atom stereocenters. The maximum absolute atomic E-state index is 12.1. The molecule has 40 heavy (non-hydrogen) atoms. The number of hydrogen-bond acceptors (Lipinski definition) is 6. The molecule has 1 aromatic carbocycles. The van der Waals surface area contributed by atoms with Gasteiger partial charge in [0.05, 0.1) is 18.8 Å². The smallest absolute Gasteiger partial charge is 0.434 e. The lowest BCUT2D eigenvalue weighted by molar-refractivity contribution is 0.0774. The van der Waals surface area contributed by atoms with Gasteiger partial charge in [0.1, 0.15) is 11.9 Å². The molecule has 2 rings (SSSR count). The molecule has 6 nitrogen and oxygen atoms in total. The summed E-state index contributed by atoms with van der Waals surface area (Å²) in [5, 5.41) is 6.10. The van der Waals surface area contributed by atoms with E-state index in [1.807, 2.05) is 12.1 Å². The Balaban J connectivity index is 1.83. The minimum atomic E-state index is -0.720. The van der Waals surface area contributed by atoms with E-state index in [0.29, 0.717) is 37.1 Å². The van der Waals surface area contributed by atoms with E-state index < -0.39 is 6.16 Å². The van der Waals surface area contributed by atoms with Crippen LogP contribution >= 0.6 is 0 Å². The Hall–Kier alpha value is -5.76. The number of nitrogens with zero attached hydrogens (tertiary/aromatic N) is 2. The molecule has 0 N–H and O–H groups in total. The Morgan fingerprint density at radius 3 is 2.25 bits per heavy atom. The van der Waals surface area contributed by atoms with Crippen molar-refractivity contribution < 1.29 is 19.0 Å². The molecular formula is C34H26N2O4. The lowest BCUT2D eigenvalue weighted by Crippen LogP contribution is -2.17. The molecule has 0 fully saturated rings. The van der Waals surface area contributed by atoms with Crippen LogP contribution in [-0.4, -0.2) is 25.2 Å². The number of carbonyl (C=O) groups is 1. The number of anilines is 1. The molecule has 0 aromatic heterocycles. The van der Waals surface area contributed by atoms with E-state index in [0.717, 1.165) is 31.4 Å². The fourth-order valence-corrected chi connectivity index (χ4v) is 3.10. The van der Waals surface area contributed by atoms with Gasteiger partial charge < -0.3 is 14.2 Å². The summed E-state index contributed by atoms with van der Waals surface area (Å²) >= 11 is 0. The first kappa shape index (κ1) is 30.5. The van der Waals surface area contributed by atoms with E-state index in [4.69, 9.17) is 20.6 Å². The minimum Gasteiger partial charge on any atom is -0.434 e. The fraction of sp³-hybridized carbons (Fsp3) is 0.294. The van der Waals surface area contributed by atoms with E-state index in [1.54, 1.807) is 17.1 Å². The van der Waals surface area contributed by atoms with Crippen molar-refractivity contribution in [3.63, 3.8) is 0 Å². The van der Waals surface area contributed by atoms with Crippen molar-refractivity contribution >= 4 is 17.7 Å². The molecule has 0 bridgehead atoms. The fourth-order valence-electron chi connectivity index (χ4n) is 3.10. The van der Waals surface area contributed by atoms with Crippen LogP contribution in [0.3, 0.4) is 0 Å². The molecule has 1 aromatic rings. The molecule has 1 unspecified atom stereocenters. The summed E-state index contributed by atoms with van der Waals surface area (Å²) in [4.78, 5) is 12.1. The molecule has 1 aliphatic rings. The van der Waals surface area contributed by atoms with Gasteiger partial charge in [0.25, 0.3) is 0 Å². The van der Waals surface area contributed by atoms with E-state index in [2.05, 4.69) is 108 Å². The summed E-state index contributed by atoms with van der Waals surface area (Å²) in [6.07, 6.45) is 11.5. The maximum atomic E-state index is 12.1. The van der Waals surface area contributed by atoms with Crippen LogP contribution in [0.25, 0.3) is 0 Å². The van der Waals surface area contributed by atoms with Crippen LogP contribution in [-0.2, 0) is 9.47 Å². The van der Waals surface area contributed by atoms with Crippen LogP contribution in [0.15, 0.2) is 29.4 Å². The van der Waals surface area contributed by atoms with Crippen molar-refractivity contribution in [2.75, 3.05) is 18.2 Å². The molecule has 1 heterocycles. The Morgan fingerprint density at radius 2 is 1.62 bits per heavy atom. The Labute approximate surface area is 237 Å². The van der Waals surface area contributed by atoms with Crippen LogP contribution in [0.1, 0.15) is 46.0 Å². The summed E-state index contributed by atoms with van der Waals surface area (Å²) in [5.41, 5.74) is 0.766. The zero-order valence-corrected chi connectivity index (χ0v) is 22.4. The van der Waals surface area contributed by atoms with Crippen molar-refractivity contribution in [3.05, 3.63) is 24.3 Å². The number of unbranched alkanes of at least 4 members (excludes halogenated alkanes) is 1. The molecule has 196 valence electrons. The third-order valence-electron chi connectivity index (χ3n) is 5.11. The van der Waals surface area contributed by atoms with Gasteiger partial charge in [0, 0.05) is 53.9 Å². The predicted molar refractivity (Wildman–Crippen MR) is 155 cm³/mol. The number of ether oxygens (including phenoxy) is 3. The number of rotatable bonds is 8. The molecule has 6 heteroatoms. The van der Waals surface area contributed by atoms with Crippen LogP contribution in [0, 0.1) is 101 Å². The molecular weight excluding hydrogens is 500 g/mol. The largest absolute Gasteiger partial charge is 0.514 e. The highest BCUT2D eigenvalue weighted by atomic mass is 16.7.